The number of aliphatic hydroxyl groups excluding tert-OH is 1. The Balaban J connectivity index is 2.00. The van der Waals surface area contributed by atoms with Gasteiger partial charge in [-0.05, 0) is 65.8 Å². The number of Topliss-reactive ketones (excluding diaryl/α,β-unsaturated/α-hetero) is 1. The van der Waals surface area contributed by atoms with Gasteiger partial charge in [-0.3, -0.25) is 19.5 Å². The third-order valence-electron chi connectivity index (χ3n) is 6.30. The van der Waals surface area contributed by atoms with Gasteiger partial charge in [0.15, 0.2) is 0 Å². The Hall–Kier alpha value is -3.44. The van der Waals surface area contributed by atoms with Gasteiger partial charge in [-0.1, -0.05) is 56.6 Å². The summed E-state index contributed by atoms with van der Waals surface area (Å²) in [5, 5.41) is 12.0. The highest BCUT2D eigenvalue weighted by atomic mass is 35.5. The van der Waals surface area contributed by atoms with Gasteiger partial charge in [-0.25, -0.2) is 0 Å². The second-order valence-electron chi connectivity index (χ2n) is 9.62. The van der Waals surface area contributed by atoms with Gasteiger partial charge in [0.05, 0.1) is 11.6 Å². The predicted octanol–water partition coefficient (Wildman–Crippen LogP) is 6.28. The summed E-state index contributed by atoms with van der Waals surface area (Å²) >= 11 is 6.35. The van der Waals surface area contributed by atoms with Crippen LogP contribution in [-0.4, -0.2) is 21.8 Å². The van der Waals surface area contributed by atoms with Crippen molar-refractivity contribution >= 4 is 34.7 Å². The lowest BCUT2D eigenvalue weighted by molar-refractivity contribution is -0.132. The minimum absolute atomic E-state index is 0.0338. The van der Waals surface area contributed by atoms with E-state index in [1.165, 1.54) is 4.90 Å². The van der Waals surface area contributed by atoms with E-state index in [-0.39, 0.29) is 16.7 Å². The van der Waals surface area contributed by atoms with Gasteiger partial charge in [-0.2, -0.15) is 0 Å². The third-order valence-corrected chi connectivity index (χ3v) is 6.71. The molecule has 0 aliphatic carbocycles. The van der Waals surface area contributed by atoms with Crippen molar-refractivity contribution < 1.29 is 14.7 Å². The molecule has 5 nitrogen and oxygen atoms in total. The molecule has 3 aromatic rings. The van der Waals surface area contributed by atoms with Crippen LogP contribution in [0.2, 0.25) is 5.02 Å². The van der Waals surface area contributed by atoms with Crippen molar-refractivity contribution in [1.82, 2.24) is 4.98 Å². The molecule has 0 saturated carbocycles. The van der Waals surface area contributed by atoms with Gasteiger partial charge in [0, 0.05) is 28.7 Å². The maximum atomic E-state index is 13.4. The summed E-state index contributed by atoms with van der Waals surface area (Å²) in [4.78, 5) is 32.4. The molecule has 0 spiro atoms. The summed E-state index contributed by atoms with van der Waals surface area (Å²) in [6.07, 6.45) is 3.23. The number of carbonyl (C=O) groups is 2. The van der Waals surface area contributed by atoms with Crippen LogP contribution in [-0.2, 0) is 15.0 Å². The van der Waals surface area contributed by atoms with E-state index in [0.29, 0.717) is 27.4 Å². The molecule has 0 radical (unpaired) electrons. The zero-order valence-corrected chi connectivity index (χ0v) is 20.6. The number of carbonyl (C=O) groups excluding carboxylic acids is 2. The lowest BCUT2D eigenvalue weighted by Crippen LogP contribution is -2.30. The third kappa shape index (κ3) is 4.01. The molecule has 4 rings (SSSR count). The second-order valence-corrected chi connectivity index (χ2v) is 10.0. The average Bonchev–Trinajstić information content (AvgIpc) is 3.06. The number of benzene rings is 2. The summed E-state index contributed by atoms with van der Waals surface area (Å²) in [5.41, 5.74) is 4.03. The van der Waals surface area contributed by atoms with Gasteiger partial charge in [0.2, 0.25) is 0 Å². The first-order chi connectivity index (χ1) is 16.0. The Kier molecular flexibility index (Phi) is 6.09. The van der Waals surface area contributed by atoms with Gasteiger partial charge < -0.3 is 5.11 Å². The van der Waals surface area contributed by atoms with Gasteiger partial charge in [-0.15, -0.1) is 0 Å². The smallest absolute Gasteiger partial charge is 0.300 e. The fourth-order valence-corrected chi connectivity index (χ4v) is 4.45. The molecule has 1 atom stereocenters. The van der Waals surface area contributed by atoms with Crippen LogP contribution < -0.4 is 4.90 Å². The Labute approximate surface area is 204 Å². The summed E-state index contributed by atoms with van der Waals surface area (Å²) in [7, 11) is 0. The van der Waals surface area contributed by atoms with Crippen molar-refractivity contribution in [3.8, 4) is 0 Å². The molecule has 1 saturated heterocycles. The molecular weight excluding hydrogens is 448 g/mol. The summed E-state index contributed by atoms with van der Waals surface area (Å²) in [6.45, 7) is 9.92. The van der Waals surface area contributed by atoms with Crippen LogP contribution in [0.4, 0.5) is 5.69 Å². The van der Waals surface area contributed by atoms with Crippen LogP contribution in [0.25, 0.3) is 5.76 Å². The summed E-state index contributed by atoms with van der Waals surface area (Å²) in [5.74, 6) is -1.66. The molecule has 1 fully saturated rings. The maximum Gasteiger partial charge on any atom is 0.300 e. The maximum absolute atomic E-state index is 13.4. The van der Waals surface area contributed by atoms with Crippen molar-refractivity contribution in [2.45, 2.75) is 46.1 Å². The number of hydrogen-bond acceptors (Lipinski definition) is 4. The Morgan fingerprint density at radius 1 is 1.06 bits per heavy atom. The molecular formula is C28H27ClN2O3. The minimum Gasteiger partial charge on any atom is -0.507 e. The van der Waals surface area contributed by atoms with Crippen LogP contribution in [0.5, 0.6) is 0 Å². The summed E-state index contributed by atoms with van der Waals surface area (Å²) < 4.78 is 0. The van der Waals surface area contributed by atoms with Gasteiger partial charge >= 0.3 is 0 Å². The molecule has 2 heterocycles. The molecule has 2 aromatic carbocycles. The lowest BCUT2D eigenvalue weighted by atomic mass is 9.84. The number of hydrogen-bond donors (Lipinski definition) is 1. The van der Waals surface area contributed by atoms with Crippen LogP contribution >= 0.6 is 11.6 Å². The highest BCUT2D eigenvalue weighted by Crippen LogP contribution is 2.44. The molecule has 0 bridgehead atoms. The van der Waals surface area contributed by atoms with E-state index in [0.717, 1.165) is 11.1 Å². The summed E-state index contributed by atoms with van der Waals surface area (Å²) in [6, 6.07) is 13.7. The Morgan fingerprint density at radius 3 is 2.44 bits per heavy atom. The molecule has 1 amide bonds. The first-order valence-electron chi connectivity index (χ1n) is 11.1. The number of halogens is 1. The number of nitrogens with zero attached hydrogens (tertiary/aromatic N) is 2. The van der Waals surface area contributed by atoms with Crippen molar-refractivity contribution in [2.24, 2.45) is 0 Å². The Bertz CT molecular complexity index is 1320. The number of amides is 1. The van der Waals surface area contributed by atoms with Crippen molar-refractivity contribution in [3.63, 3.8) is 0 Å². The van der Waals surface area contributed by atoms with Crippen molar-refractivity contribution in [2.75, 3.05) is 4.90 Å². The second kappa shape index (κ2) is 8.73. The molecule has 174 valence electrons. The topological polar surface area (TPSA) is 70.5 Å². The highest BCUT2D eigenvalue weighted by molar-refractivity contribution is 6.52. The number of aromatic nitrogens is 1. The first kappa shape index (κ1) is 23.7. The van der Waals surface area contributed by atoms with Crippen LogP contribution in [0.3, 0.4) is 0 Å². The quantitative estimate of drug-likeness (QED) is 0.275. The van der Waals surface area contributed by atoms with E-state index in [1.54, 1.807) is 49.6 Å². The SMILES string of the molecule is Cc1ccc(C(C)(C)C)cc1/C(O)=C1\C(=O)C(=O)N(c2cccc(Cl)c2C)C1c1cccnc1. The molecule has 1 unspecified atom stereocenters. The monoisotopic (exact) mass is 474 g/mol. The number of ketones is 1. The molecule has 1 N–H and O–H groups in total. The van der Waals surface area contributed by atoms with Crippen LogP contribution in [0.1, 0.15) is 54.6 Å². The first-order valence-corrected chi connectivity index (χ1v) is 11.5. The van der Waals surface area contributed by atoms with Gasteiger partial charge in [0.1, 0.15) is 5.76 Å². The van der Waals surface area contributed by atoms with Gasteiger partial charge in [0.25, 0.3) is 11.7 Å². The molecule has 34 heavy (non-hydrogen) atoms. The fraction of sp³-hybridized carbons (Fsp3) is 0.250. The minimum atomic E-state index is -0.844. The average molecular weight is 475 g/mol. The van der Waals surface area contributed by atoms with E-state index in [9.17, 15) is 14.7 Å². The zero-order chi connectivity index (χ0) is 24.8. The van der Waals surface area contributed by atoms with E-state index in [4.69, 9.17) is 11.6 Å². The van der Waals surface area contributed by atoms with E-state index in [2.05, 4.69) is 25.8 Å². The van der Waals surface area contributed by atoms with E-state index >= 15 is 0 Å². The van der Waals surface area contributed by atoms with E-state index in [1.807, 2.05) is 25.1 Å². The highest BCUT2D eigenvalue weighted by Gasteiger charge is 2.47. The molecule has 1 aromatic heterocycles. The number of aryl methyl sites for hydroxylation is 1. The standard InChI is InChI=1S/C28H27ClN2O3/c1-16-11-12-19(28(3,4)5)14-20(16)25(32)23-24(18-8-7-13-30-15-18)31(27(34)26(23)33)22-10-6-9-21(29)17(22)2/h6-15,24,32H,1-5H3/b25-23+. The number of rotatable bonds is 3. The fourth-order valence-electron chi connectivity index (χ4n) is 4.28. The van der Waals surface area contributed by atoms with Crippen molar-refractivity contribution in [3.05, 3.63) is 99.3 Å². The zero-order valence-electron chi connectivity index (χ0n) is 19.9. The molecule has 1 aliphatic rings. The van der Waals surface area contributed by atoms with Crippen molar-refractivity contribution in [1.29, 1.82) is 0 Å². The van der Waals surface area contributed by atoms with E-state index < -0.39 is 17.7 Å². The van der Waals surface area contributed by atoms with Crippen LogP contribution in [0, 0.1) is 13.8 Å². The Morgan fingerprint density at radius 2 is 1.79 bits per heavy atom. The van der Waals surface area contributed by atoms with Crippen LogP contribution in [0.15, 0.2) is 66.5 Å². The molecule has 6 heteroatoms. The number of aliphatic hydroxyl groups is 1. The number of pyridine rings is 1. The normalized spacial score (nSPS) is 17.9. The largest absolute Gasteiger partial charge is 0.507 e. The predicted molar refractivity (Wildman–Crippen MR) is 135 cm³/mol. The number of anilines is 1. The lowest BCUT2D eigenvalue weighted by Gasteiger charge is -2.27. The molecule has 1 aliphatic heterocycles.